The Balaban J connectivity index is 4.09. The van der Waals surface area contributed by atoms with Gasteiger partial charge in [0.15, 0.2) is 6.10 Å². The van der Waals surface area contributed by atoms with Crippen molar-refractivity contribution in [3.05, 3.63) is 194 Å². The molecule has 0 aliphatic heterocycles. The second-order valence-corrected chi connectivity index (χ2v) is 27.4. The Labute approximate surface area is 590 Å². The molecule has 96 heavy (non-hydrogen) atoms. The second kappa shape index (κ2) is 74.1. The van der Waals surface area contributed by atoms with Crippen LogP contribution in [0.25, 0.3) is 0 Å². The van der Waals surface area contributed by atoms with Gasteiger partial charge < -0.3 is 18.9 Å². The first-order valence-corrected chi connectivity index (χ1v) is 39.7. The summed E-state index contributed by atoms with van der Waals surface area (Å²) >= 11 is 0. The van der Waals surface area contributed by atoms with Crippen molar-refractivity contribution >= 4 is 19.8 Å². The first kappa shape index (κ1) is 90.8. The number of carbonyl (C=O) groups is 2. The maximum atomic E-state index is 12.9. The van der Waals surface area contributed by atoms with Gasteiger partial charge in [-0.05, 0) is 141 Å². The Morgan fingerprint density at radius 2 is 0.562 bits per heavy atom. The number of ether oxygens (including phenoxy) is 2. The molecule has 0 rings (SSSR count). The number of phosphoric acid groups is 1. The lowest BCUT2D eigenvalue weighted by Crippen LogP contribution is -2.37. The summed E-state index contributed by atoms with van der Waals surface area (Å²) in [5.74, 6) is -0.826. The molecule has 0 aliphatic carbocycles. The minimum absolute atomic E-state index is 0.0186. The maximum Gasteiger partial charge on any atom is 0.472 e. The summed E-state index contributed by atoms with van der Waals surface area (Å²) in [4.78, 5) is 36.0. The molecule has 0 fully saturated rings. The minimum atomic E-state index is -4.41. The van der Waals surface area contributed by atoms with Crippen LogP contribution in [-0.2, 0) is 32.7 Å². The van der Waals surface area contributed by atoms with E-state index in [1.165, 1.54) is 96.3 Å². The van der Waals surface area contributed by atoms with Crippen LogP contribution in [0, 0.1) is 0 Å². The van der Waals surface area contributed by atoms with Crippen molar-refractivity contribution in [2.75, 3.05) is 47.5 Å². The molecule has 1 N–H and O–H groups in total. The molecule has 0 bridgehead atoms. The van der Waals surface area contributed by atoms with Crippen LogP contribution in [0.1, 0.15) is 284 Å². The fourth-order valence-corrected chi connectivity index (χ4v) is 10.6. The molecule has 0 aromatic carbocycles. The topological polar surface area (TPSA) is 108 Å². The fourth-order valence-electron chi connectivity index (χ4n) is 9.87. The summed E-state index contributed by atoms with van der Waals surface area (Å²) in [5.41, 5.74) is 0. The highest BCUT2D eigenvalue weighted by atomic mass is 31.2. The minimum Gasteiger partial charge on any atom is -0.462 e. The highest BCUT2D eigenvalue weighted by molar-refractivity contribution is 7.47. The van der Waals surface area contributed by atoms with E-state index in [0.29, 0.717) is 17.4 Å². The van der Waals surface area contributed by atoms with Gasteiger partial charge in [-0.15, -0.1) is 0 Å². The Morgan fingerprint density at radius 3 is 0.833 bits per heavy atom. The Bertz CT molecular complexity index is 2330. The van der Waals surface area contributed by atoms with Crippen LogP contribution in [0.4, 0.5) is 0 Å². The SMILES string of the molecule is CC/C=C\C/C=C\C/C=C\C/C=C\C/C=C\C/C=C\C/C=C\C/C=C\C/C=C\CCCCCCCC(=O)OC(COC(=O)CCCCCCCCCCCCCCCCCCC/C=C\C/C=C\C/C=C\C/C=C\C/C=C\C/C=C\C/C=C\CC)COP(=O)(O)OCC[N+](C)(C)C. The van der Waals surface area contributed by atoms with Crippen LogP contribution in [0.3, 0.4) is 0 Å². The molecule has 0 saturated heterocycles. The molecule has 2 unspecified atom stereocenters. The van der Waals surface area contributed by atoms with E-state index in [2.05, 4.69) is 208 Å². The maximum absolute atomic E-state index is 12.9. The molecule has 0 aromatic heterocycles. The molecular formula is C86H141NO8P+. The third-order valence-electron chi connectivity index (χ3n) is 15.6. The van der Waals surface area contributed by atoms with Crippen molar-refractivity contribution in [2.45, 2.75) is 290 Å². The summed E-state index contributed by atoms with van der Waals surface area (Å²) in [6.07, 6.45) is 115. The number of unbranched alkanes of at least 4 members (excludes halogenated alkanes) is 22. The standard InChI is InChI=1S/C86H140NO8P/c1-6-8-10-12-14-16-18-20-22-24-26-28-30-32-34-36-38-40-41-42-43-44-45-47-48-50-52-54-56-58-60-62-64-66-68-70-72-74-76-78-85(88)92-82-84(83-94-96(90,91)93-81-80-87(3,4)5)95-86(89)79-77-75-73-71-69-67-65-63-61-59-57-55-53-51-49-46-39-37-35-33-31-29-27-25-23-21-19-17-15-13-11-9-7-2/h8-11,14-17,20-23,26-29,32-35,38-40,42-43,46,51,53,57,59,63,65,84H,6-7,12-13,18-19,24-25,30-31,36-37,41,44-45,47-50,52,54-56,58,60-62,64,66-83H2,1-5H3/p+1/b10-8-,11-9-,16-14-,17-15-,22-20-,23-21-,28-26-,29-27-,34-32-,35-33-,40-38-,43-42-,46-39-,53-51-,59-57-,65-63-. The van der Waals surface area contributed by atoms with Crippen molar-refractivity contribution in [1.29, 1.82) is 0 Å². The van der Waals surface area contributed by atoms with Crippen molar-refractivity contribution in [3.8, 4) is 0 Å². The van der Waals surface area contributed by atoms with E-state index in [-0.39, 0.29) is 32.0 Å². The zero-order chi connectivity index (χ0) is 69.7. The highest BCUT2D eigenvalue weighted by Gasteiger charge is 2.27. The zero-order valence-electron chi connectivity index (χ0n) is 61.8. The molecular weight excluding hydrogens is 1210 g/mol. The summed E-state index contributed by atoms with van der Waals surface area (Å²) < 4.78 is 34.7. The highest BCUT2D eigenvalue weighted by Crippen LogP contribution is 2.43. The smallest absolute Gasteiger partial charge is 0.462 e. The lowest BCUT2D eigenvalue weighted by Gasteiger charge is -2.24. The first-order valence-electron chi connectivity index (χ1n) is 38.2. The second-order valence-electron chi connectivity index (χ2n) is 25.9. The predicted octanol–water partition coefficient (Wildman–Crippen LogP) is 25.6. The van der Waals surface area contributed by atoms with Gasteiger partial charge in [0.2, 0.25) is 0 Å². The fraction of sp³-hybridized carbons (Fsp3) is 0.605. The van der Waals surface area contributed by atoms with Gasteiger partial charge in [-0.25, -0.2) is 4.57 Å². The number of hydrogen-bond donors (Lipinski definition) is 1. The number of carbonyl (C=O) groups excluding carboxylic acids is 2. The van der Waals surface area contributed by atoms with Gasteiger partial charge in [0.25, 0.3) is 0 Å². The zero-order valence-corrected chi connectivity index (χ0v) is 62.7. The molecule has 0 aliphatic rings. The molecule has 2 atom stereocenters. The van der Waals surface area contributed by atoms with Gasteiger partial charge in [-0.3, -0.25) is 18.6 Å². The predicted molar refractivity (Wildman–Crippen MR) is 417 cm³/mol. The normalized spacial score (nSPS) is 14.2. The number of allylic oxidation sites excluding steroid dienone is 32. The molecule has 542 valence electrons. The number of likely N-dealkylation sites (N-methyl/N-ethyl adjacent to an activating group) is 1. The van der Waals surface area contributed by atoms with Gasteiger partial charge in [0, 0.05) is 12.8 Å². The molecule has 0 spiro atoms. The van der Waals surface area contributed by atoms with Crippen LogP contribution < -0.4 is 0 Å². The number of quaternary nitrogens is 1. The van der Waals surface area contributed by atoms with Gasteiger partial charge in [0.05, 0.1) is 27.7 Å². The molecule has 0 amide bonds. The van der Waals surface area contributed by atoms with E-state index in [9.17, 15) is 19.0 Å². The van der Waals surface area contributed by atoms with E-state index in [0.717, 1.165) is 154 Å². The summed E-state index contributed by atoms with van der Waals surface area (Å²) in [7, 11) is 1.44. The summed E-state index contributed by atoms with van der Waals surface area (Å²) in [6, 6.07) is 0. The third kappa shape index (κ3) is 77.9. The van der Waals surface area contributed by atoms with Gasteiger partial charge in [0.1, 0.15) is 19.8 Å². The van der Waals surface area contributed by atoms with Gasteiger partial charge >= 0.3 is 19.8 Å². The van der Waals surface area contributed by atoms with Crippen molar-refractivity contribution in [2.24, 2.45) is 0 Å². The van der Waals surface area contributed by atoms with Gasteiger partial charge in [-0.2, -0.15) is 0 Å². The van der Waals surface area contributed by atoms with E-state index in [1.807, 2.05) is 21.1 Å². The van der Waals surface area contributed by atoms with Crippen LogP contribution in [-0.4, -0.2) is 74.9 Å². The van der Waals surface area contributed by atoms with Crippen LogP contribution in [0.15, 0.2) is 194 Å². The molecule has 0 radical (unpaired) electrons. The molecule has 0 heterocycles. The lowest BCUT2D eigenvalue weighted by atomic mass is 10.0. The molecule has 0 aromatic rings. The number of esters is 2. The molecule has 10 heteroatoms. The van der Waals surface area contributed by atoms with Crippen LogP contribution >= 0.6 is 7.82 Å². The van der Waals surface area contributed by atoms with Crippen molar-refractivity contribution in [3.63, 3.8) is 0 Å². The van der Waals surface area contributed by atoms with Crippen LogP contribution in [0.5, 0.6) is 0 Å². The molecule has 9 nitrogen and oxygen atoms in total. The van der Waals surface area contributed by atoms with E-state index >= 15 is 0 Å². The Hall–Kier alpha value is -5.15. The average Bonchev–Trinajstić information content (AvgIpc) is 1.48. The Morgan fingerprint density at radius 1 is 0.323 bits per heavy atom. The quantitative estimate of drug-likeness (QED) is 0.0211. The average molecular weight is 1350 g/mol. The third-order valence-corrected chi connectivity index (χ3v) is 16.6. The summed E-state index contributed by atoms with van der Waals surface area (Å²) in [6.45, 7) is 4.18. The molecule has 0 saturated carbocycles. The van der Waals surface area contributed by atoms with Gasteiger partial charge in [-0.1, -0.05) is 324 Å². The monoisotopic (exact) mass is 1350 g/mol. The number of phosphoric ester groups is 1. The van der Waals surface area contributed by atoms with E-state index in [1.54, 1.807) is 0 Å². The van der Waals surface area contributed by atoms with Crippen molar-refractivity contribution < 1.29 is 42.1 Å². The van der Waals surface area contributed by atoms with Crippen LogP contribution in [0.2, 0.25) is 0 Å². The number of rotatable bonds is 68. The van der Waals surface area contributed by atoms with E-state index < -0.39 is 26.5 Å². The lowest BCUT2D eigenvalue weighted by molar-refractivity contribution is -0.870. The summed E-state index contributed by atoms with van der Waals surface area (Å²) in [5, 5.41) is 0. The van der Waals surface area contributed by atoms with E-state index in [4.69, 9.17) is 18.5 Å². The van der Waals surface area contributed by atoms with Crippen molar-refractivity contribution in [1.82, 2.24) is 0 Å². The Kier molecular flexibility index (Phi) is 70.1. The largest absolute Gasteiger partial charge is 0.472 e. The first-order chi connectivity index (χ1) is 47.0. The number of hydrogen-bond acceptors (Lipinski definition) is 7. The number of nitrogens with zero attached hydrogens (tertiary/aromatic N) is 1.